The van der Waals surface area contributed by atoms with E-state index in [-0.39, 0.29) is 23.5 Å². The summed E-state index contributed by atoms with van der Waals surface area (Å²) in [5.74, 6) is 0.493. The minimum Gasteiger partial charge on any atom is -0.497 e. The van der Waals surface area contributed by atoms with E-state index >= 15 is 0 Å². The van der Waals surface area contributed by atoms with Gasteiger partial charge in [0.25, 0.3) is 0 Å². The largest absolute Gasteiger partial charge is 0.497 e. The molecule has 2 aromatic rings. The average molecular weight is 560 g/mol. The fourth-order valence-electron chi connectivity index (χ4n) is 7.73. The van der Waals surface area contributed by atoms with Gasteiger partial charge in [0.1, 0.15) is 17.1 Å². The van der Waals surface area contributed by atoms with Crippen molar-refractivity contribution in [2.24, 2.45) is 11.0 Å². The van der Waals surface area contributed by atoms with Crippen LogP contribution < -0.4 is 19.5 Å². The predicted octanol–water partition coefficient (Wildman–Crippen LogP) is 3.61. The first-order valence-corrected chi connectivity index (χ1v) is 14.8. The van der Waals surface area contributed by atoms with Crippen LogP contribution in [0.1, 0.15) is 39.0 Å². The van der Waals surface area contributed by atoms with Crippen LogP contribution in [0.2, 0.25) is 0 Å². The molecule has 4 fully saturated rings. The van der Waals surface area contributed by atoms with Crippen molar-refractivity contribution in [2.75, 3.05) is 61.4 Å². The molecule has 2 aromatic carbocycles. The van der Waals surface area contributed by atoms with Gasteiger partial charge in [0.15, 0.2) is 5.71 Å². The zero-order chi connectivity index (χ0) is 28.2. The highest BCUT2D eigenvalue weighted by Gasteiger charge is 2.72. The second kappa shape index (κ2) is 10.0. The van der Waals surface area contributed by atoms with E-state index in [9.17, 15) is 9.59 Å². The van der Waals surface area contributed by atoms with Crippen molar-refractivity contribution < 1.29 is 23.8 Å². The standard InChI is InChI=1S/C31H37N5O5/c1-3-41-29(38)28-26-15-16-30-21-40-19-18-35(30)31(26,36(32-28)24-11-13-25(39-2)14-12-24)20-34(30)23-9-7-22(8-10-23)33-17-5-4-6-27(33)37/h7-14,26H,3-6,15-21H2,1-2H3. The summed E-state index contributed by atoms with van der Waals surface area (Å²) < 4.78 is 17.1. The van der Waals surface area contributed by atoms with Crippen molar-refractivity contribution in [3.63, 3.8) is 0 Å². The molecule has 4 saturated heterocycles. The van der Waals surface area contributed by atoms with Crippen LogP contribution in [0, 0.1) is 5.92 Å². The fraction of sp³-hybridized carbons (Fsp3) is 0.516. The quantitative estimate of drug-likeness (QED) is 0.497. The molecule has 216 valence electrons. The number of hydrogen-bond acceptors (Lipinski definition) is 9. The van der Waals surface area contributed by atoms with Gasteiger partial charge in [-0.25, -0.2) is 14.7 Å². The van der Waals surface area contributed by atoms with E-state index in [4.69, 9.17) is 19.3 Å². The normalized spacial score (nSPS) is 29.2. The van der Waals surface area contributed by atoms with Crippen LogP contribution in [-0.2, 0) is 19.1 Å². The first-order chi connectivity index (χ1) is 20.0. The number of rotatable bonds is 6. The summed E-state index contributed by atoms with van der Waals surface area (Å²) in [6.07, 6.45) is 4.23. The van der Waals surface area contributed by atoms with Gasteiger partial charge in [0.2, 0.25) is 5.91 Å². The Labute approximate surface area is 240 Å². The van der Waals surface area contributed by atoms with Crippen molar-refractivity contribution in [1.82, 2.24) is 4.90 Å². The summed E-state index contributed by atoms with van der Waals surface area (Å²) in [7, 11) is 1.65. The second-order valence-corrected chi connectivity index (χ2v) is 11.5. The maximum Gasteiger partial charge on any atom is 0.354 e. The summed E-state index contributed by atoms with van der Waals surface area (Å²) in [6.45, 7) is 5.46. The highest BCUT2D eigenvalue weighted by Crippen LogP contribution is 2.58. The van der Waals surface area contributed by atoms with Crippen LogP contribution >= 0.6 is 0 Å². The van der Waals surface area contributed by atoms with Crippen LogP contribution in [0.4, 0.5) is 17.1 Å². The molecule has 3 atom stereocenters. The minimum atomic E-state index is -0.583. The lowest BCUT2D eigenvalue weighted by Crippen LogP contribution is -2.71. The molecule has 1 amide bonds. The fourth-order valence-corrected chi connectivity index (χ4v) is 7.73. The number of benzene rings is 2. The van der Waals surface area contributed by atoms with E-state index in [1.165, 1.54) is 0 Å². The Kier molecular flexibility index (Phi) is 6.43. The van der Waals surface area contributed by atoms with Gasteiger partial charge < -0.3 is 24.0 Å². The van der Waals surface area contributed by atoms with Gasteiger partial charge >= 0.3 is 5.97 Å². The molecule has 0 N–H and O–H groups in total. The van der Waals surface area contributed by atoms with Gasteiger partial charge in [-0.05, 0) is 81.1 Å². The van der Waals surface area contributed by atoms with Crippen molar-refractivity contribution in [3.05, 3.63) is 48.5 Å². The lowest BCUT2D eigenvalue weighted by atomic mass is 9.78. The number of hydrazone groups is 1. The molecule has 7 rings (SSSR count). The molecule has 0 aliphatic carbocycles. The number of nitrogens with zero attached hydrogens (tertiary/aromatic N) is 5. The summed E-state index contributed by atoms with van der Waals surface area (Å²) >= 11 is 0. The third-order valence-corrected chi connectivity index (χ3v) is 9.55. The third-order valence-electron chi connectivity index (χ3n) is 9.55. The summed E-state index contributed by atoms with van der Waals surface area (Å²) in [5.41, 5.74) is 2.45. The number of carbonyl (C=O) groups excluding carboxylic acids is 2. The number of ether oxygens (including phenoxy) is 3. The summed E-state index contributed by atoms with van der Waals surface area (Å²) in [6, 6.07) is 16.3. The topological polar surface area (TPSA) is 87.2 Å². The number of carbonyl (C=O) groups is 2. The molecule has 5 aliphatic rings. The van der Waals surface area contributed by atoms with Crippen molar-refractivity contribution in [3.8, 4) is 5.75 Å². The number of methoxy groups -OCH3 is 1. The second-order valence-electron chi connectivity index (χ2n) is 11.5. The van der Waals surface area contributed by atoms with Gasteiger partial charge in [-0.15, -0.1) is 0 Å². The maximum atomic E-state index is 13.3. The molecule has 10 heteroatoms. The van der Waals surface area contributed by atoms with E-state index in [1.54, 1.807) is 7.11 Å². The molecule has 5 aliphatic heterocycles. The average Bonchev–Trinajstić information content (AvgIpc) is 3.46. The van der Waals surface area contributed by atoms with E-state index in [0.29, 0.717) is 38.5 Å². The zero-order valence-electron chi connectivity index (χ0n) is 23.8. The number of amides is 1. The SMILES string of the molecule is CCOC(=O)C1=NN(c2ccc(OC)cc2)C23CN(c4ccc(N5CCCCC5=O)cc4)C4(CCC12)COCCN43. The number of hydrogen-bond donors (Lipinski definition) is 0. The van der Waals surface area contributed by atoms with Crippen LogP contribution in [-0.4, -0.2) is 80.4 Å². The number of anilines is 3. The molecule has 2 bridgehead atoms. The zero-order valence-corrected chi connectivity index (χ0v) is 23.8. The summed E-state index contributed by atoms with van der Waals surface area (Å²) in [4.78, 5) is 32.8. The number of piperidine rings is 2. The van der Waals surface area contributed by atoms with Crippen LogP contribution in [0.15, 0.2) is 53.6 Å². The molecule has 5 heterocycles. The van der Waals surface area contributed by atoms with Gasteiger partial charge in [0.05, 0.1) is 45.1 Å². The van der Waals surface area contributed by atoms with Crippen molar-refractivity contribution >= 4 is 34.7 Å². The Morgan fingerprint density at radius 1 is 1.05 bits per heavy atom. The number of morpholine rings is 1. The predicted molar refractivity (Wildman–Crippen MR) is 155 cm³/mol. The maximum absolute atomic E-state index is 13.3. The monoisotopic (exact) mass is 559 g/mol. The molecule has 0 radical (unpaired) electrons. The van der Waals surface area contributed by atoms with E-state index in [1.807, 2.05) is 36.1 Å². The molecule has 1 spiro atoms. The molecule has 0 aromatic heterocycles. The Morgan fingerprint density at radius 2 is 1.80 bits per heavy atom. The molecule has 3 unspecified atom stereocenters. The highest BCUT2D eigenvalue weighted by atomic mass is 16.5. The minimum absolute atomic E-state index is 0.120. The lowest BCUT2D eigenvalue weighted by molar-refractivity contribution is -0.136. The molecule has 41 heavy (non-hydrogen) atoms. The van der Waals surface area contributed by atoms with E-state index < -0.39 is 5.66 Å². The van der Waals surface area contributed by atoms with Gasteiger partial charge in [-0.3, -0.25) is 4.79 Å². The van der Waals surface area contributed by atoms with Gasteiger partial charge in [0, 0.05) is 30.9 Å². The Morgan fingerprint density at radius 3 is 2.54 bits per heavy atom. The van der Waals surface area contributed by atoms with Crippen LogP contribution in [0.25, 0.3) is 0 Å². The van der Waals surface area contributed by atoms with Gasteiger partial charge in [-0.2, -0.15) is 5.10 Å². The summed E-state index contributed by atoms with van der Waals surface area (Å²) in [5, 5.41) is 7.09. The Balaban J connectivity index is 1.31. The van der Waals surface area contributed by atoms with E-state index in [0.717, 1.165) is 61.6 Å². The lowest BCUT2D eigenvalue weighted by Gasteiger charge is -2.55. The van der Waals surface area contributed by atoms with E-state index in [2.05, 4.69) is 39.1 Å². The highest BCUT2D eigenvalue weighted by molar-refractivity contribution is 6.38. The number of esters is 1. The first kappa shape index (κ1) is 26.3. The Hall–Kier alpha value is -3.63. The molecular formula is C31H37N5O5. The first-order valence-electron chi connectivity index (χ1n) is 14.8. The molecule has 0 saturated carbocycles. The Bertz CT molecular complexity index is 1360. The third kappa shape index (κ3) is 3.87. The van der Waals surface area contributed by atoms with Crippen molar-refractivity contribution in [1.29, 1.82) is 0 Å². The molecular weight excluding hydrogens is 522 g/mol. The van der Waals surface area contributed by atoms with Crippen molar-refractivity contribution in [2.45, 2.75) is 50.4 Å². The molecule has 10 nitrogen and oxygen atoms in total. The van der Waals surface area contributed by atoms with Crippen LogP contribution in [0.3, 0.4) is 0 Å². The smallest absolute Gasteiger partial charge is 0.354 e. The van der Waals surface area contributed by atoms with Crippen LogP contribution in [0.5, 0.6) is 5.75 Å². The van der Waals surface area contributed by atoms with Gasteiger partial charge in [-0.1, -0.05) is 0 Å².